The lowest BCUT2D eigenvalue weighted by molar-refractivity contribution is 0.630. The summed E-state index contributed by atoms with van der Waals surface area (Å²) in [5.74, 6) is 0.556. The third-order valence-electron chi connectivity index (χ3n) is 3.68. The molecule has 0 aliphatic heterocycles. The molecule has 0 saturated carbocycles. The molecule has 106 valence electrons. The van der Waals surface area contributed by atoms with Crippen LogP contribution < -0.4 is 0 Å². The number of aryl methyl sites for hydroxylation is 2. The lowest BCUT2D eigenvalue weighted by Crippen LogP contribution is -1.98. The van der Waals surface area contributed by atoms with Crippen LogP contribution in [0.4, 0.5) is 0 Å². The van der Waals surface area contributed by atoms with Crippen LogP contribution in [0.15, 0.2) is 36.7 Å². The largest absolute Gasteiger partial charge is 0.264 e. The molecule has 1 unspecified atom stereocenters. The van der Waals surface area contributed by atoms with E-state index in [0.717, 1.165) is 19.3 Å². The van der Waals surface area contributed by atoms with E-state index >= 15 is 0 Å². The first-order chi connectivity index (χ1) is 9.58. The van der Waals surface area contributed by atoms with Crippen molar-refractivity contribution < 1.29 is 0 Å². The molecule has 20 heavy (non-hydrogen) atoms. The summed E-state index contributed by atoms with van der Waals surface area (Å²) in [6, 6.07) is 8.01. The van der Waals surface area contributed by atoms with E-state index in [1.807, 2.05) is 24.5 Å². The van der Waals surface area contributed by atoms with Crippen LogP contribution in [-0.4, -0.2) is 4.98 Å². The Balaban J connectivity index is 1.89. The summed E-state index contributed by atoms with van der Waals surface area (Å²) in [7, 11) is 0. The highest BCUT2D eigenvalue weighted by molar-refractivity contribution is 6.42. The Bertz CT molecular complexity index is 581. The first-order valence-corrected chi connectivity index (χ1v) is 7.68. The third kappa shape index (κ3) is 3.97. The van der Waals surface area contributed by atoms with Gasteiger partial charge in [-0.15, -0.1) is 0 Å². The second-order valence-corrected chi connectivity index (χ2v) is 6.09. The van der Waals surface area contributed by atoms with Crippen molar-refractivity contribution in [1.29, 1.82) is 0 Å². The molecule has 0 saturated heterocycles. The molecule has 3 heteroatoms. The minimum absolute atomic E-state index is 0.556. The second-order valence-electron chi connectivity index (χ2n) is 5.27. The molecular weight excluding hydrogens is 289 g/mol. The van der Waals surface area contributed by atoms with E-state index in [0.29, 0.717) is 16.0 Å². The van der Waals surface area contributed by atoms with Crippen molar-refractivity contribution in [2.45, 2.75) is 39.0 Å². The van der Waals surface area contributed by atoms with Gasteiger partial charge in [0.2, 0.25) is 0 Å². The zero-order valence-electron chi connectivity index (χ0n) is 11.9. The van der Waals surface area contributed by atoms with Gasteiger partial charge in [0.25, 0.3) is 0 Å². The lowest BCUT2D eigenvalue weighted by atomic mass is 9.92. The molecule has 1 heterocycles. The van der Waals surface area contributed by atoms with Crippen molar-refractivity contribution in [1.82, 2.24) is 4.98 Å². The van der Waals surface area contributed by atoms with Gasteiger partial charge in [-0.1, -0.05) is 36.2 Å². The van der Waals surface area contributed by atoms with Gasteiger partial charge in [0.05, 0.1) is 10.0 Å². The highest BCUT2D eigenvalue weighted by Crippen LogP contribution is 2.26. The number of hydrogen-bond donors (Lipinski definition) is 0. The molecule has 1 aromatic carbocycles. The number of benzene rings is 1. The van der Waals surface area contributed by atoms with E-state index in [1.54, 1.807) is 0 Å². The zero-order chi connectivity index (χ0) is 14.5. The maximum atomic E-state index is 6.03. The normalized spacial score (nSPS) is 12.4. The number of halogens is 2. The van der Waals surface area contributed by atoms with Crippen molar-refractivity contribution in [3.63, 3.8) is 0 Å². The summed E-state index contributed by atoms with van der Waals surface area (Å²) in [5, 5.41) is 1.26. The lowest BCUT2D eigenvalue weighted by Gasteiger charge is -2.14. The Hall–Kier alpha value is -1.05. The number of pyridine rings is 1. The average Bonchev–Trinajstić information content (AvgIpc) is 2.43. The molecule has 1 nitrogen and oxygen atoms in total. The first kappa shape index (κ1) is 15.3. The molecule has 0 amide bonds. The molecule has 2 rings (SSSR count). The number of nitrogens with zero attached hydrogens (tertiary/aromatic N) is 1. The van der Waals surface area contributed by atoms with E-state index in [2.05, 4.69) is 31.0 Å². The number of rotatable bonds is 5. The molecule has 0 bridgehead atoms. The van der Waals surface area contributed by atoms with Crippen molar-refractivity contribution in [2.75, 3.05) is 0 Å². The van der Waals surface area contributed by atoms with Gasteiger partial charge < -0.3 is 0 Å². The second kappa shape index (κ2) is 7.10. The Morgan fingerprint density at radius 1 is 1.15 bits per heavy atom. The molecule has 1 aromatic heterocycles. The van der Waals surface area contributed by atoms with E-state index < -0.39 is 0 Å². The molecule has 0 aliphatic rings. The van der Waals surface area contributed by atoms with Gasteiger partial charge in [-0.05, 0) is 67.0 Å². The van der Waals surface area contributed by atoms with Gasteiger partial charge in [-0.25, -0.2) is 0 Å². The minimum atomic E-state index is 0.556. The molecule has 1 atom stereocenters. The Morgan fingerprint density at radius 2 is 1.95 bits per heavy atom. The average molecular weight is 308 g/mol. The van der Waals surface area contributed by atoms with Crippen LogP contribution in [0.5, 0.6) is 0 Å². The smallest absolute Gasteiger partial charge is 0.0595 e. The molecule has 0 N–H and O–H groups in total. The fraction of sp³-hybridized carbons (Fsp3) is 0.353. The monoisotopic (exact) mass is 307 g/mol. The van der Waals surface area contributed by atoms with Crippen LogP contribution in [0, 0.1) is 6.92 Å². The molecule has 0 radical (unpaired) electrons. The van der Waals surface area contributed by atoms with Gasteiger partial charge in [0.1, 0.15) is 0 Å². The van der Waals surface area contributed by atoms with Crippen LogP contribution >= 0.6 is 23.2 Å². The summed E-state index contributed by atoms with van der Waals surface area (Å²) >= 11 is 12.0. The fourth-order valence-corrected chi connectivity index (χ4v) is 2.82. The molecule has 0 spiro atoms. The summed E-state index contributed by atoms with van der Waals surface area (Å²) in [4.78, 5) is 4.15. The maximum Gasteiger partial charge on any atom is 0.0595 e. The summed E-state index contributed by atoms with van der Waals surface area (Å²) in [6.07, 6.45) is 7.14. The predicted octanol–water partition coefficient (Wildman–Crippen LogP) is 5.82. The minimum Gasteiger partial charge on any atom is -0.264 e. The fourth-order valence-electron chi connectivity index (χ4n) is 2.50. The van der Waals surface area contributed by atoms with E-state index in [-0.39, 0.29) is 0 Å². The zero-order valence-corrected chi connectivity index (χ0v) is 13.4. The van der Waals surface area contributed by atoms with Crippen LogP contribution in [0.3, 0.4) is 0 Å². The number of aromatic nitrogens is 1. The van der Waals surface area contributed by atoms with Gasteiger partial charge in [-0.3, -0.25) is 4.98 Å². The van der Waals surface area contributed by atoms with Crippen LogP contribution in [0.2, 0.25) is 10.0 Å². The Labute approximate surface area is 131 Å². The van der Waals surface area contributed by atoms with Gasteiger partial charge in [0.15, 0.2) is 0 Å². The van der Waals surface area contributed by atoms with E-state index in [4.69, 9.17) is 23.2 Å². The van der Waals surface area contributed by atoms with Crippen molar-refractivity contribution >= 4 is 23.2 Å². The summed E-state index contributed by atoms with van der Waals surface area (Å²) < 4.78 is 0. The number of hydrogen-bond acceptors (Lipinski definition) is 1. The van der Waals surface area contributed by atoms with Gasteiger partial charge in [0, 0.05) is 12.4 Å². The molecule has 2 aromatic rings. The standard InChI is InChI=1S/C17H19Cl2N/c1-12(15-8-9-20-11-13(15)2)4-3-5-14-6-7-16(18)17(19)10-14/h6-12H,3-5H2,1-2H3. The van der Waals surface area contributed by atoms with Crippen molar-refractivity contribution in [2.24, 2.45) is 0 Å². The third-order valence-corrected chi connectivity index (χ3v) is 4.42. The van der Waals surface area contributed by atoms with E-state index in [1.165, 1.54) is 16.7 Å². The van der Waals surface area contributed by atoms with Crippen LogP contribution in [-0.2, 0) is 6.42 Å². The van der Waals surface area contributed by atoms with Crippen LogP contribution in [0.1, 0.15) is 42.4 Å². The summed E-state index contributed by atoms with van der Waals surface area (Å²) in [5.41, 5.74) is 3.92. The molecule has 0 aliphatic carbocycles. The Morgan fingerprint density at radius 3 is 2.65 bits per heavy atom. The van der Waals surface area contributed by atoms with Gasteiger partial charge >= 0.3 is 0 Å². The molecule has 0 fully saturated rings. The highest BCUT2D eigenvalue weighted by atomic mass is 35.5. The first-order valence-electron chi connectivity index (χ1n) is 6.92. The van der Waals surface area contributed by atoms with Gasteiger partial charge in [-0.2, -0.15) is 0 Å². The molecular formula is C17H19Cl2N. The predicted molar refractivity (Wildman–Crippen MR) is 86.8 cm³/mol. The maximum absolute atomic E-state index is 6.03. The van der Waals surface area contributed by atoms with E-state index in [9.17, 15) is 0 Å². The summed E-state index contributed by atoms with van der Waals surface area (Å²) in [6.45, 7) is 4.40. The Kier molecular flexibility index (Phi) is 5.45. The van der Waals surface area contributed by atoms with Crippen molar-refractivity contribution in [3.8, 4) is 0 Å². The quantitative estimate of drug-likeness (QED) is 0.678. The van der Waals surface area contributed by atoms with Crippen LogP contribution in [0.25, 0.3) is 0 Å². The SMILES string of the molecule is Cc1cnccc1C(C)CCCc1ccc(Cl)c(Cl)c1. The van der Waals surface area contributed by atoms with Crippen molar-refractivity contribution in [3.05, 3.63) is 63.4 Å². The topological polar surface area (TPSA) is 12.9 Å². The highest BCUT2D eigenvalue weighted by Gasteiger charge is 2.08.